The monoisotopic (exact) mass is 494 g/mol. The predicted molar refractivity (Wildman–Crippen MR) is 143 cm³/mol. The van der Waals surface area contributed by atoms with E-state index in [1.165, 1.54) is 32.1 Å². The maximum Gasteiger partial charge on any atom is 0.333 e. The lowest BCUT2D eigenvalue weighted by atomic mass is 9.98. The first-order chi connectivity index (χ1) is 16.6. The van der Waals surface area contributed by atoms with Crippen LogP contribution in [0.3, 0.4) is 0 Å². The van der Waals surface area contributed by atoms with E-state index in [0.29, 0.717) is 29.9 Å². The fourth-order valence-electron chi connectivity index (χ4n) is 2.89. The number of ether oxygens (including phenoxy) is 3. The molecule has 0 atom stereocenters. The highest BCUT2D eigenvalue weighted by Gasteiger charge is 2.17. The molecule has 0 aliphatic heterocycles. The summed E-state index contributed by atoms with van der Waals surface area (Å²) in [4.78, 5) is 32.7. The van der Waals surface area contributed by atoms with E-state index < -0.39 is 0 Å². The van der Waals surface area contributed by atoms with Crippen LogP contribution in [0.15, 0.2) is 36.5 Å². The molecule has 1 fully saturated rings. The van der Waals surface area contributed by atoms with Gasteiger partial charge in [0.1, 0.15) is 6.10 Å². The van der Waals surface area contributed by atoms with Crippen LogP contribution in [0.5, 0.6) is 0 Å². The topological polar surface area (TPSA) is 78.9 Å². The van der Waals surface area contributed by atoms with Crippen molar-refractivity contribution in [1.82, 2.24) is 0 Å². The van der Waals surface area contributed by atoms with Crippen LogP contribution >= 0.6 is 0 Å². The van der Waals surface area contributed by atoms with Gasteiger partial charge < -0.3 is 14.2 Å². The molecular weight excluding hydrogens is 444 g/mol. The minimum Gasteiger partial charge on any atom is -0.462 e. The molecule has 0 heterocycles. The second-order valence-corrected chi connectivity index (χ2v) is 9.05. The number of unbranched alkanes of at least 4 members (excludes halogenated alkanes) is 5. The van der Waals surface area contributed by atoms with Crippen molar-refractivity contribution in [3.05, 3.63) is 36.5 Å². The highest BCUT2D eigenvalue weighted by atomic mass is 16.5. The molecule has 0 bridgehead atoms. The molecule has 6 heteroatoms. The predicted octanol–water partition coefficient (Wildman–Crippen LogP) is 7.42. The average molecular weight is 495 g/mol. The molecule has 0 amide bonds. The number of carbonyl (C=O) groups excluding carboxylic acids is 3. The van der Waals surface area contributed by atoms with Crippen molar-refractivity contribution in [2.45, 2.75) is 118 Å². The van der Waals surface area contributed by atoms with Gasteiger partial charge in [-0.3, -0.25) is 0 Å². The summed E-state index contributed by atoms with van der Waals surface area (Å²) < 4.78 is 15.0. The number of rotatable bonds is 13. The summed E-state index contributed by atoms with van der Waals surface area (Å²) in [5.74, 6) is -0.783. The van der Waals surface area contributed by atoms with E-state index in [2.05, 4.69) is 33.6 Å². The molecule has 1 rings (SSSR count). The zero-order valence-corrected chi connectivity index (χ0v) is 23.0. The Balaban J connectivity index is 0. The van der Waals surface area contributed by atoms with Crippen molar-refractivity contribution >= 4 is 17.9 Å². The highest BCUT2D eigenvalue weighted by molar-refractivity contribution is 5.87. The lowest BCUT2D eigenvalue weighted by Crippen LogP contribution is -2.20. The van der Waals surface area contributed by atoms with Crippen molar-refractivity contribution < 1.29 is 28.6 Å². The van der Waals surface area contributed by atoms with Gasteiger partial charge in [0.15, 0.2) is 0 Å². The molecule has 0 aromatic heterocycles. The minimum absolute atomic E-state index is 0.156. The van der Waals surface area contributed by atoms with Gasteiger partial charge >= 0.3 is 17.9 Å². The van der Waals surface area contributed by atoms with Gasteiger partial charge in [0.25, 0.3) is 0 Å². The first-order valence-electron chi connectivity index (χ1n) is 13.1. The largest absolute Gasteiger partial charge is 0.462 e. The van der Waals surface area contributed by atoms with Gasteiger partial charge in [-0.15, -0.1) is 0 Å². The lowest BCUT2D eigenvalue weighted by Gasteiger charge is -2.21. The Morgan fingerprint density at radius 3 is 1.43 bits per heavy atom. The van der Waals surface area contributed by atoms with Crippen LogP contribution in [0.2, 0.25) is 0 Å². The minimum atomic E-state index is -0.277. The fourth-order valence-corrected chi connectivity index (χ4v) is 2.89. The summed E-state index contributed by atoms with van der Waals surface area (Å²) in [7, 11) is 0. The van der Waals surface area contributed by atoms with E-state index in [1.807, 2.05) is 0 Å². The van der Waals surface area contributed by atoms with Crippen LogP contribution in [0.25, 0.3) is 0 Å². The zero-order valence-electron chi connectivity index (χ0n) is 23.0. The van der Waals surface area contributed by atoms with Gasteiger partial charge in [-0.2, -0.15) is 0 Å². The van der Waals surface area contributed by atoms with Crippen molar-refractivity contribution in [3.8, 4) is 0 Å². The van der Waals surface area contributed by atoms with Crippen LogP contribution in [0.4, 0.5) is 0 Å². The molecule has 0 radical (unpaired) electrons. The van der Waals surface area contributed by atoms with Crippen LogP contribution < -0.4 is 0 Å². The first kappa shape index (κ1) is 34.8. The molecule has 6 nitrogen and oxygen atoms in total. The third-order valence-corrected chi connectivity index (χ3v) is 5.08. The van der Waals surface area contributed by atoms with Gasteiger partial charge in [0.2, 0.25) is 0 Å². The quantitative estimate of drug-likeness (QED) is 0.115. The van der Waals surface area contributed by atoms with E-state index >= 15 is 0 Å². The standard InChI is InChI=1S/C10H16O2.C10H18O2.C9H16O2/c1-8(2)10(11)12-9-6-4-3-5-7-9;1-4-5-6-7-8-12-10(11)9(2)3;1-4-5-6-7-11-9(10)8(2)3/h9H,1,3-7H2,2H3;2,4-8H2,1,3H3;2,4-7H2,1,3H3. The van der Waals surface area contributed by atoms with E-state index in [0.717, 1.165) is 44.9 Å². The summed E-state index contributed by atoms with van der Waals surface area (Å²) in [5, 5.41) is 0. The second kappa shape index (κ2) is 23.4. The van der Waals surface area contributed by atoms with Gasteiger partial charge in [-0.05, 0) is 59.3 Å². The normalized spacial score (nSPS) is 12.6. The molecule has 35 heavy (non-hydrogen) atoms. The highest BCUT2D eigenvalue weighted by Crippen LogP contribution is 2.20. The van der Waals surface area contributed by atoms with E-state index in [1.54, 1.807) is 20.8 Å². The second-order valence-electron chi connectivity index (χ2n) is 9.05. The van der Waals surface area contributed by atoms with E-state index in [4.69, 9.17) is 14.2 Å². The number of hydrogen-bond donors (Lipinski definition) is 0. The Hall–Kier alpha value is -2.37. The maximum atomic E-state index is 11.1. The number of esters is 3. The Kier molecular flexibility index (Phi) is 23.2. The van der Waals surface area contributed by atoms with Crippen LogP contribution in [-0.2, 0) is 28.6 Å². The molecule has 0 spiro atoms. The van der Waals surface area contributed by atoms with Crippen LogP contribution in [-0.4, -0.2) is 37.2 Å². The number of hydrogen-bond acceptors (Lipinski definition) is 6. The SMILES string of the molecule is C=C(C)C(=O)OC1CCCCC1.C=C(C)C(=O)OCCCCC.C=C(C)C(=O)OCCCCCC. The summed E-state index contributed by atoms with van der Waals surface area (Å²) in [6.07, 6.45) is 13.6. The number of carbonyl (C=O) groups is 3. The van der Waals surface area contributed by atoms with Gasteiger partial charge in [-0.25, -0.2) is 14.4 Å². The van der Waals surface area contributed by atoms with Crippen molar-refractivity contribution in [2.75, 3.05) is 13.2 Å². The van der Waals surface area contributed by atoms with Crippen molar-refractivity contribution in [3.63, 3.8) is 0 Å². The van der Waals surface area contributed by atoms with Gasteiger partial charge in [-0.1, -0.05) is 72.1 Å². The van der Waals surface area contributed by atoms with Crippen molar-refractivity contribution in [1.29, 1.82) is 0 Å². The smallest absolute Gasteiger partial charge is 0.333 e. The Labute approximate surface area is 214 Å². The van der Waals surface area contributed by atoms with E-state index in [9.17, 15) is 14.4 Å². The molecule has 202 valence electrons. The zero-order chi connectivity index (χ0) is 27.1. The van der Waals surface area contributed by atoms with Gasteiger partial charge in [0, 0.05) is 16.7 Å². The molecule has 0 aromatic rings. The lowest BCUT2D eigenvalue weighted by molar-refractivity contribution is -0.145. The molecule has 1 aliphatic rings. The van der Waals surface area contributed by atoms with Gasteiger partial charge in [0.05, 0.1) is 13.2 Å². The molecule has 0 N–H and O–H groups in total. The van der Waals surface area contributed by atoms with Crippen molar-refractivity contribution in [2.24, 2.45) is 0 Å². The van der Waals surface area contributed by atoms with Crippen LogP contribution in [0, 0.1) is 0 Å². The first-order valence-corrected chi connectivity index (χ1v) is 13.1. The Morgan fingerprint density at radius 1 is 0.629 bits per heavy atom. The molecule has 0 aromatic carbocycles. The third-order valence-electron chi connectivity index (χ3n) is 5.08. The summed E-state index contributed by atoms with van der Waals surface area (Å²) in [5.41, 5.74) is 1.45. The molecule has 0 unspecified atom stereocenters. The Bertz CT molecular complexity index is 644. The summed E-state index contributed by atoms with van der Waals surface area (Å²) >= 11 is 0. The fraction of sp³-hybridized carbons (Fsp3) is 0.690. The molecule has 1 saturated carbocycles. The molecule has 1 aliphatic carbocycles. The molecular formula is C29H50O6. The summed E-state index contributed by atoms with van der Waals surface area (Å²) in [6.45, 7) is 20.8. The molecule has 0 saturated heterocycles. The van der Waals surface area contributed by atoms with Crippen LogP contribution in [0.1, 0.15) is 112 Å². The average Bonchev–Trinajstić information content (AvgIpc) is 2.82. The maximum absolute atomic E-state index is 11.1. The summed E-state index contributed by atoms with van der Waals surface area (Å²) in [6, 6.07) is 0. The van der Waals surface area contributed by atoms with E-state index in [-0.39, 0.29) is 24.0 Å². The third kappa shape index (κ3) is 23.2. The Morgan fingerprint density at radius 2 is 1.03 bits per heavy atom.